The highest BCUT2D eigenvalue weighted by Crippen LogP contribution is 2.35. The van der Waals surface area contributed by atoms with Crippen molar-refractivity contribution in [3.8, 4) is 0 Å². The first-order valence-corrected chi connectivity index (χ1v) is 9.96. The van der Waals surface area contributed by atoms with E-state index < -0.39 is 0 Å². The smallest absolute Gasteiger partial charge is 0.251 e. The fourth-order valence-electron chi connectivity index (χ4n) is 3.67. The molecule has 0 bridgehead atoms. The molecule has 0 spiro atoms. The number of nitrogens with zero attached hydrogens (tertiary/aromatic N) is 5. The van der Waals surface area contributed by atoms with Gasteiger partial charge in [0.25, 0.3) is 5.95 Å². The Morgan fingerprint density at radius 2 is 1.77 bits per heavy atom. The molecule has 2 aromatic carbocycles. The van der Waals surface area contributed by atoms with Crippen LogP contribution >= 0.6 is 0 Å². The molecule has 2 aromatic heterocycles. The minimum atomic E-state index is -0.177. The van der Waals surface area contributed by atoms with E-state index in [-0.39, 0.29) is 18.5 Å². The van der Waals surface area contributed by atoms with Crippen molar-refractivity contribution in [3.05, 3.63) is 102 Å². The number of hydrogen-bond donors (Lipinski definition) is 1. The molecule has 0 saturated carbocycles. The van der Waals surface area contributed by atoms with Crippen LogP contribution in [-0.2, 0) is 11.3 Å². The van der Waals surface area contributed by atoms with Gasteiger partial charge >= 0.3 is 0 Å². The zero-order valence-electron chi connectivity index (χ0n) is 16.6. The summed E-state index contributed by atoms with van der Waals surface area (Å²) < 4.78 is 7.03. The van der Waals surface area contributed by atoms with Gasteiger partial charge in [0.1, 0.15) is 18.3 Å². The Morgan fingerprint density at radius 3 is 2.52 bits per heavy atom. The van der Waals surface area contributed by atoms with E-state index in [1.807, 2.05) is 71.6 Å². The van der Waals surface area contributed by atoms with Crippen LogP contribution in [0.25, 0.3) is 5.70 Å². The molecule has 8 heteroatoms. The fourth-order valence-corrected chi connectivity index (χ4v) is 3.67. The average Bonchev–Trinajstić information content (AvgIpc) is 3.51. The van der Waals surface area contributed by atoms with Crippen LogP contribution in [0.4, 0.5) is 5.95 Å². The molecule has 5 rings (SSSR count). The van der Waals surface area contributed by atoms with E-state index >= 15 is 0 Å². The quantitative estimate of drug-likeness (QED) is 0.524. The zero-order valence-corrected chi connectivity index (χ0v) is 16.6. The second kappa shape index (κ2) is 8.27. The van der Waals surface area contributed by atoms with E-state index in [1.54, 1.807) is 17.0 Å². The molecule has 0 saturated heterocycles. The van der Waals surface area contributed by atoms with E-state index in [9.17, 15) is 4.79 Å². The van der Waals surface area contributed by atoms with E-state index in [2.05, 4.69) is 26.9 Å². The Hall–Kier alpha value is -4.20. The lowest BCUT2D eigenvalue weighted by Crippen LogP contribution is -2.39. The third-order valence-electron chi connectivity index (χ3n) is 5.14. The molecule has 1 aliphatic rings. The molecule has 0 radical (unpaired) electrons. The molecule has 0 unspecified atom stereocenters. The Bertz CT molecular complexity index is 1190. The molecule has 31 heavy (non-hydrogen) atoms. The molecule has 0 fully saturated rings. The minimum absolute atomic E-state index is 0.0727. The van der Waals surface area contributed by atoms with Crippen molar-refractivity contribution in [1.82, 2.24) is 25.5 Å². The fraction of sp³-hybridized carbons (Fsp3) is 0.130. The largest absolute Gasteiger partial charge is 0.467 e. The highest BCUT2D eigenvalue weighted by Gasteiger charge is 2.31. The lowest BCUT2D eigenvalue weighted by Gasteiger charge is -2.32. The summed E-state index contributed by atoms with van der Waals surface area (Å²) in [6, 6.07) is 23.4. The summed E-state index contributed by atoms with van der Waals surface area (Å²) in [5, 5.41) is 15.2. The summed E-state index contributed by atoms with van der Waals surface area (Å²) in [5.41, 5.74) is 2.92. The number of amides is 1. The molecule has 0 aliphatic carbocycles. The van der Waals surface area contributed by atoms with Crippen LogP contribution in [0.1, 0.15) is 22.9 Å². The first-order chi connectivity index (χ1) is 15.3. The zero-order chi connectivity index (χ0) is 21.0. The standard InChI is InChI=1S/C23H20N6O2/c30-22(24-15-19-12-7-13-31-19)16-28-20(17-8-3-1-4-9-17)14-21(18-10-5-2-6-11-18)29-23(28)25-26-27-29/h1-14,21H,15-16H2,(H,24,30)/t21-/m0/s1. The van der Waals surface area contributed by atoms with Crippen LogP contribution < -0.4 is 10.2 Å². The molecular weight excluding hydrogens is 392 g/mol. The number of allylic oxidation sites excluding steroid dienone is 1. The number of aromatic nitrogens is 4. The van der Waals surface area contributed by atoms with E-state index in [0.717, 1.165) is 16.8 Å². The molecule has 154 valence electrons. The maximum absolute atomic E-state index is 12.8. The van der Waals surface area contributed by atoms with Crippen LogP contribution in [-0.4, -0.2) is 32.7 Å². The van der Waals surface area contributed by atoms with Crippen molar-refractivity contribution in [2.24, 2.45) is 0 Å². The number of benzene rings is 2. The monoisotopic (exact) mass is 412 g/mol. The second-order valence-corrected chi connectivity index (χ2v) is 7.14. The van der Waals surface area contributed by atoms with Crippen molar-refractivity contribution in [1.29, 1.82) is 0 Å². The second-order valence-electron chi connectivity index (χ2n) is 7.14. The Kier molecular flexibility index (Phi) is 5.02. The number of nitrogens with one attached hydrogen (secondary N) is 1. The van der Waals surface area contributed by atoms with Crippen LogP contribution in [0.2, 0.25) is 0 Å². The summed E-state index contributed by atoms with van der Waals surface area (Å²) in [6.45, 7) is 0.394. The maximum atomic E-state index is 12.8. The molecule has 1 atom stereocenters. The number of anilines is 1. The van der Waals surface area contributed by atoms with E-state index in [4.69, 9.17) is 4.42 Å². The van der Waals surface area contributed by atoms with Crippen molar-refractivity contribution < 1.29 is 9.21 Å². The summed E-state index contributed by atoms with van der Waals surface area (Å²) in [7, 11) is 0. The number of tetrazole rings is 1. The number of fused-ring (bicyclic) bond motifs is 1. The van der Waals surface area contributed by atoms with Gasteiger partial charge in [0.15, 0.2) is 0 Å². The molecular formula is C23H20N6O2. The maximum Gasteiger partial charge on any atom is 0.251 e. The predicted molar refractivity (Wildman–Crippen MR) is 115 cm³/mol. The summed E-state index contributed by atoms with van der Waals surface area (Å²) in [5.74, 6) is 1.05. The van der Waals surface area contributed by atoms with E-state index in [1.165, 1.54) is 0 Å². The number of carbonyl (C=O) groups is 1. The van der Waals surface area contributed by atoms with Gasteiger partial charge in [-0.15, -0.1) is 0 Å². The van der Waals surface area contributed by atoms with Gasteiger partial charge in [-0.2, -0.15) is 4.68 Å². The summed E-state index contributed by atoms with van der Waals surface area (Å²) in [4.78, 5) is 14.6. The molecule has 1 N–H and O–H groups in total. The molecule has 4 aromatic rings. The first kappa shape index (κ1) is 18.8. The van der Waals surface area contributed by atoms with Crippen LogP contribution in [0, 0.1) is 0 Å². The molecule has 1 aliphatic heterocycles. The topological polar surface area (TPSA) is 89.1 Å². The number of rotatable bonds is 6. The van der Waals surface area contributed by atoms with Gasteiger partial charge in [0, 0.05) is 0 Å². The minimum Gasteiger partial charge on any atom is -0.467 e. The van der Waals surface area contributed by atoms with Gasteiger partial charge in [-0.1, -0.05) is 65.8 Å². The summed E-state index contributed by atoms with van der Waals surface area (Å²) in [6.07, 6.45) is 3.67. The number of furan rings is 1. The highest BCUT2D eigenvalue weighted by molar-refractivity contribution is 5.89. The van der Waals surface area contributed by atoms with Gasteiger partial charge in [-0.05, 0) is 39.8 Å². The van der Waals surface area contributed by atoms with Crippen molar-refractivity contribution >= 4 is 17.6 Å². The predicted octanol–water partition coefficient (Wildman–Crippen LogP) is 3.03. The Balaban J connectivity index is 1.49. The van der Waals surface area contributed by atoms with Crippen LogP contribution in [0.3, 0.4) is 0 Å². The SMILES string of the molecule is O=C(CN1C(c2ccccc2)=C[C@@H](c2ccccc2)n2nnnc21)NCc1ccco1. The van der Waals surface area contributed by atoms with Gasteiger partial charge in [0.2, 0.25) is 5.91 Å². The Labute approximate surface area is 178 Å². The van der Waals surface area contributed by atoms with Gasteiger partial charge < -0.3 is 9.73 Å². The van der Waals surface area contributed by atoms with Crippen molar-refractivity contribution in [2.75, 3.05) is 11.4 Å². The highest BCUT2D eigenvalue weighted by atomic mass is 16.3. The number of carbonyl (C=O) groups excluding carboxylic acids is 1. The molecule has 3 heterocycles. The van der Waals surface area contributed by atoms with Crippen LogP contribution in [0.15, 0.2) is 89.6 Å². The van der Waals surface area contributed by atoms with Gasteiger partial charge in [0.05, 0.1) is 18.5 Å². The molecule has 1 amide bonds. The van der Waals surface area contributed by atoms with Crippen molar-refractivity contribution in [3.63, 3.8) is 0 Å². The molecule has 8 nitrogen and oxygen atoms in total. The van der Waals surface area contributed by atoms with Gasteiger partial charge in [-0.3, -0.25) is 9.69 Å². The van der Waals surface area contributed by atoms with E-state index in [0.29, 0.717) is 18.3 Å². The third kappa shape index (κ3) is 3.83. The normalized spacial score (nSPS) is 15.3. The van der Waals surface area contributed by atoms with Gasteiger partial charge in [-0.25, -0.2) is 0 Å². The average molecular weight is 412 g/mol. The third-order valence-corrected chi connectivity index (χ3v) is 5.14. The van der Waals surface area contributed by atoms with Crippen molar-refractivity contribution in [2.45, 2.75) is 12.6 Å². The summed E-state index contributed by atoms with van der Waals surface area (Å²) >= 11 is 0. The lowest BCUT2D eigenvalue weighted by molar-refractivity contribution is -0.119. The lowest BCUT2D eigenvalue weighted by atomic mass is 10.0. The van der Waals surface area contributed by atoms with Crippen LogP contribution in [0.5, 0.6) is 0 Å². The first-order valence-electron chi connectivity index (χ1n) is 9.96. The Morgan fingerprint density at radius 1 is 1.00 bits per heavy atom. The number of hydrogen-bond acceptors (Lipinski definition) is 6.